The number of nitrogens with one attached hydrogen (secondary N) is 2. The van der Waals surface area contributed by atoms with Crippen LogP contribution in [0.5, 0.6) is 0 Å². The largest absolute Gasteiger partial charge is 0.398 e. The molecule has 1 aromatic carbocycles. The molecule has 1 heterocycles. The van der Waals surface area contributed by atoms with Gasteiger partial charge in [0.1, 0.15) is 0 Å². The van der Waals surface area contributed by atoms with Gasteiger partial charge in [-0.05, 0) is 18.2 Å². The molecule has 0 atom stereocenters. The summed E-state index contributed by atoms with van der Waals surface area (Å²) < 4.78 is 26.1. The van der Waals surface area contributed by atoms with Gasteiger partial charge < -0.3 is 10.7 Å². The molecule has 2 rings (SSSR count). The van der Waals surface area contributed by atoms with Gasteiger partial charge in [-0.25, -0.2) is 18.1 Å². The summed E-state index contributed by atoms with van der Waals surface area (Å²) in [7, 11) is -3.71. The summed E-state index contributed by atoms with van der Waals surface area (Å²) in [6, 6.07) is 4.08. The van der Waals surface area contributed by atoms with E-state index in [9.17, 15) is 8.42 Å². The molecule has 4 N–H and O–H groups in total. The van der Waals surface area contributed by atoms with E-state index in [1.807, 2.05) is 0 Å². The zero-order valence-corrected chi connectivity index (χ0v) is 10.1. The van der Waals surface area contributed by atoms with E-state index in [1.165, 1.54) is 30.6 Å². The summed E-state index contributed by atoms with van der Waals surface area (Å²) in [6.45, 7) is 0. The number of aromatic amines is 1. The third-order valence-electron chi connectivity index (χ3n) is 2.01. The summed E-state index contributed by atoms with van der Waals surface area (Å²) in [5.74, 6) is 0.137. The molecule has 0 aliphatic rings. The van der Waals surface area contributed by atoms with Crippen molar-refractivity contribution in [3.8, 4) is 0 Å². The monoisotopic (exact) mass is 272 g/mol. The lowest BCUT2D eigenvalue weighted by Gasteiger charge is -2.06. The Morgan fingerprint density at radius 1 is 1.41 bits per heavy atom. The first kappa shape index (κ1) is 11.7. The van der Waals surface area contributed by atoms with E-state index in [1.54, 1.807) is 0 Å². The van der Waals surface area contributed by atoms with Crippen LogP contribution in [-0.2, 0) is 10.0 Å². The fraction of sp³-hybridized carbons (Fsp3) is 0. The Morgan fingerprint density at radius 2 is 2.18 bits per heavy atom. The number of nitrogens with two attached hydrogens (primary N) is 1. The number of imidazole rings is 1. The molecule has 6 nitrogen and oxygen atoms in total. The second-order valence-electron chi connectivity index (χ2n) is 3.23. The molecule has 17 heavy (non-hydrogen) atoms. The van der Waals surface area contributed by atoms with Crippen molar-refractivity contribution in [1.29, 1.82) is 0 Å². The molecule has 0 spiro atoms. The molecule has 0 aliphatic heterocycles. The number of hydrogen-bond acceptors (Lipinski definition) is 4. The highest BCUT2D eigenvalue weighted by atomic mass is 35.5. The molecule has 1 aromatic heterocycles. The van der Waals surface area contributed by atoms with Crippen LogP contribution in [0.1, 0.15) is 0 Å². The van der Waals surface area contributed by atoms with Gasteiger partial charge in [0, 0.05) is 12.4 Å². The van der Waals surface area contributed by atoms with Gasteiger partial charge in [0.2, 0.25) is 5.95 Å². The smallest absolute Gasteiger partial charge is 0.264 e. The normalized spacial score (nSPS) is 11.4. The van der Waals surface area contributed by atoms with E-state index >= 15 is 0 Å². The highest BCUT2D eigenvalue weighted by molar-refractivity contribution is 7.92. The molecule has 0 unspecified atom stereocenters. The van der Waals surface area contributed by atoms with Crippen molar-refractivity contribution in [1.82, 2.24) is 9.97 Å². The van der Waals surface area contributed by atoms with Gasteiger partial charge in [-0.1, -0.05) is 11.6 Å². The number of nitrogens with zero attached hydrogens (tertiary/aromatic N) is 1. The van der Waals surface area contributed by atoms with Crippen LogP contribution < -0.4 is 10.5 Å². The number of nitrogen functional groups attached to an aromatic ring is 1. The minimum Gasteiger partial charge on any atom is -0.398 e. The van der Waals surface area contributed by atoms with Gasteiger partial charge in [-0.15, -0.1) is 0 Å². The van der Waals surface area contributed by atoms with Crippen LogP contribution in [0.25, 0.3) is 0 Å². The topological polar surface area (TPSA) is 101 Å². The summed E-state index contributed by atoms with van der Waals surface area (Å²) in [5.41, 5.74) is 5.83. The number of anilines is 2. The number of rotatable bonds is 3. The molecule has 0 fully saturated rings. The van der Waals surface area contributed by atoms with Gasteiger partial charge >= 0.3 is 0 Å². The molecular formula is C9H9ClN4O2S. The second-order valence-corrected chi connectivity index (χ2v) is 5.32. The van der Waals surface area contributed by atoms with Gasteiger partial charge in [0.05, 0.1) is 15.6 Å². The van der Waals surface area contributed by atoms with Crippen molar-refractivity contribution in [3.05, 3.63) is 35.6 Å². The Balaban J connectivity index is 2.35. The van der Waals surface area contributed by atoms with Crippen LogP contribution in [-0.4, -0.2) is 18.4 Å². The van der Waals surface area contributed by atoms with E-state index < -0.39 is 10.0 Å². The van der Waals surface area contributed by atoms with E-state index in [4.69, 9.17) is 17.3 Å². The first-order valence-corrected chi connectivity index (χ1v) is 6.42. The van der Waals surface area contributed by atoms with Crippen molar-refractivity contribution in [3.63, 3.8) is 0 Å². The maximum Gasteiger partial charge on any atom is 0.264 e. The van der Waals surface area contributed by atoms with Crippen LogP contribution in [0.2, 0.25) is 5.02 Å². The average molecular weight is 273 g/mol. The molecule has 0 bridgehead atoms. The Bertz CT molecular complexity index is 624. The number of aromatic nitrogens is 2. The molecule has 0 radical (unpaired) electrons. The van der Waals surface area contributed by atoms with Crippen LogP contribution in [0, 0.1) is 0 Å². The maximum absolute atomic E-state index is 11.9. The van der Waals surface area contributed by atoms with Crippen molar-refractivity contribution in [2.24, 2.45) is 0 Å². The minimum absolute atomic E-state index is 0.0214. The molecule has 90 valence electrons. The summed E-state index contributed by atoms with van der Waals surface area (Å²) in [5, 5.41) is 0.187. The Labute approximate surface area is 103 Å². The fourth-order valence-electron chi connectivity index (χ4n) is 1.18. The van der Waals surface area contributed by atoms with Crippen LogP contribution in [0.4, 0.5) is 11.6 Å². The predicted molar refractivity (Wildman–Crippen MR) is 65.3 cm³/mol. The fourth-order valence-corrected chi connectivity index (χ4v) is 2.43. The first-order valence-electron chi connectivity index (χ1n) is 4.56. The van der Waals surface area contributed by atoms with E-state index in [0.717, 1.165) is 0 Å². The quantitative estimate of drug-likeness (QED) is 0.736. The van der Waals surface area contributed by atoms with Gasteiger partial charge in [0.25, 0.3) is 10.0 Å². The maximum atomic E-state index is 11.9. The molecule has 0 saturated heterocycles. The SMILES string of the molecule is Nc1ccc(S(=O)(=O)Nc2ncc[nH]2)cc1Cl. The standard InChI is InChI=1S/C9H9ClN4O2S/c10-7-5-6(1-2-8(7)11)17(15,16)14-9-12-3-4-13-9/h1-5H,11H2,(H2,12,13,14). The summed E-state index contributed by atoms with van der Waals surface area (Å²) >= 11 is 5.76. The van der Waals surface area contributed by atoms with Crippen LogP contribution >= 0.6 is 11.6 Å². The molecule has 0 saturated carbocycles. The second kappa shape index (κ2) is 4.27. The molecule has 0 aliphatic carbocycles. The Hall–Kier alpha value is -1.73. The highest BCUT2D eigenvalue weighted by Crippen LogP contribution is 2.23. The van der Waals surface area contributed by atoms with Gasteiger partial charge in [-0.3, -0.25) is 0 Å². The number of H-pyrrole nitrogens is 1. The summed E-state index contributed by atoms with van der Waals surface area (Å²) in [4.78, 5) is 6.41. The number of benzene rings is 1. The molecule has 0 amide bonds. The summed E-state index contributed by atoms with van der Waals surface area (Å²) in [6.07, 6.45) is 2.95. The van der Waals surface area contributed by atoms with E-state index in [2.05, 4.69) is 14.7 Å². The van der Waals surface area contributed by atoms with Crippen molar-refractivity contribution < 1.29 is 8.42 Å². The Morgan fingerprint density at radius 3 is 2.76 bits per heavy atom. The lowest BCUT2D eigenvalue weighted by molar-refractivity contribution is 0.601. The third-order valence-corrected chi connectivity index (χ3v) is 3.68. The van der Waals surface area contributed by atoms with Crippen LogP contribution in [0.3, 0.4) is 0 Å². The molecule has 8 heteroatoms. The van der Waals surface area contributed by atoms with Crippen molar-refractivity contribution in [2.75, 3.05) is 10.5 Å². The van der Waals surface area contributed by atoms with Gasteiger partial charge in [0.15, 0.2) is 0 Å². The lowest BCUT2D eigenvalue weighted by atomic mass is 10.3. The molecular weight excluding hydrogens is 264 g/mol. The van der Waals surface area contributed by atoms with E-state index in [0.29, 0.717) is 5.69 Å². The molecule has 2 aromatic rings. The highest BCUT2D eigenvalue weighted by Gasteiger charge is 2.16. The number of sulfonamides is 1. The number of hydrogen-bond donors (Lipinski definition) is 3. The van der Waals surface area contributed by atoms with Crippen LogP contribution in [0.15, 0.2) is 35.5 Å². The first-order chi connectivity index (χ1) is 7.99. The lowest BCUT2D eigenvalue weighted by Crippen LogP contribution is -2.14. The zero-order chi connectivity index (χ0) is 12.5. The Kier molecular flexibility index (Phi) is 2.95. The number of halogens is 1. The van der Waals surface area contributed by atoms with Crippen molar-refractivity contribution in [2.45, 2.75) is 4.90 Å². The third kappa shape index (κ3) is 2.51. The van der Waals surface area contributed by atoms with Crippen molar-refractivity contribution >= 4 is 33.3 Å². The zero-order valence-electron chi connectivity index (χ0n) is 8.51. The average Bonchev–Trinajstić information content (AvgIpc) is 2.73. The van der Waals surface area contributed by atoms with E-state index in [-0.39, 0.29) is 15.9 Å². The van der Waals surface area contributed by atoms with Gasteiger partial charge in [-0.2, -0.15) is 0 Å². The predicted octanol–water partition coefficient (Wildman–Crippen LogP) is 1.45. The minimum atomic E-state index is -3.71.